The van der Waals surface area contributed by atoms with Gasteiger partial charge in [-0.05, 0) is 48.7 Å². The minimum atomic E-state index is 0.145. The normalized spacial score (nSPS) is 15.3. The molecule has 1 saturated carbocycles. The van der Waals surface area contributed by atoms with E-state index < -0.39 is 0 Å². The first-order valence-corrected chi connectivity index (χ1v) is 9.79. The number of carbonyl (C=O) groups is 1. The summed E-state index contributed by atoms with van der Waals surface area (Å²) < 4.78 is 1.72. The molecule has 0 bridgehead atoms. The van der Waals surface area contributed by atoms with E-state index in [4.69, 9.17) is 0 Å². The maximum Gasteiger partial charge on any atom is 0.233 e. The lowest BCUT2D eigenvalue weighted by atomic mass is 9.94. The minimum Gasteiger partial charge on any atom is -0.342 e. The zero-order valence-corrected chi connectivity index (χ0v) is 15.9. The summed E-state index contributed by atoms with van der Waals surface area (Å²) in [5.41, 5.74) is 3.26. The summed E-state index contributed by atoms with van der Waals surface area (Å²) in [4.78, 5) is 14.4. The van der Waals surface area contributed by atoms with Crippen LogP contribution in [0.15, 0.2) is 23.4 Å². The summed E-state index contributed by atoms with van der Waals surface area (Å²) in [5.74, 6) is 0.505. The second-order valence-electron chi connectivity index (χ2n) is 6.75. The van der Waals surface area contributed by atoms with Crippen molar-refractivity contribution in [3.63, 3.8) is 0 Å². The van der Waals surface area contributed by atoms with Gasteiger partial charge in [0, 0.05) is 13.1 Å². The first-order valence-electron chi connectivity index (χ1n) is 8.80. The van der Waals surface area contributed by atoms with E-state index in [1.807, 2.05) is 31.0 Å². The summed E-state index contributed by atoms with van der Waals surface area (Å²) in [5, 5.41) is 12.6. The van der Waals surface area contributed by atoms with Crippen molar-refractivity contribution in [2.45, 2.75) is 57.1 Å². The molecule has 7 heteroatoms. The number of hydrogen-bond acceptors (Lipinski definition) is 5. The Balaban J connectivity index is 1.66. The van der Waals surface area contributed by atoms with Crippen molar-refractivity contribution >= 4 is 17.7 Å². The zero-order chi connectivity index (χ0) is 17.8. The Kier molecular flexibility index (Phi) is 5.73. The minimum absolute atomic E-state index is 0.145. The quantitative estimate of drug-likeness (QED) is 0.767. The molecule has 25 heavy (non-hydrogen) atoms. The standard InChI is InChI=1S/C18H25N5OS/c1-13-9-10-16(14(2)11-13)23-18(19-20-21-23)25-12-17(24)22(3)15-7-5-4-6-8-15/h9-11,15H,4-8,12H2,1-3H3. The molecule has 0 N–H and O–H groups in total. The van der Waals surface area contributed by atoms with E-state index in [1.54, 1.807) is 4.68 Å². The van der Waals surface area contributed by atoms with Gasteiger partial charge in [0.05, 0.1) is 11.4 Å². The van der Waals surface area contributed by atoms with E-state index in [-0.39, 0.29) is 5.91 Å². The van der Waals surface area contributed by atoms with Gasteiger partial charge < -0.3 is 4.90 Å². The average molecular weight is 359 g/mol. The van der Waals surface area contributed by atoms with E-state index in [1.165, 1.54) is 36.6 Å². The number of benzene rings is 1. The van der Waals surface area contributed by atoms with Crippen molar-refractivity contribution < 1.29 is 4.79 Å². The van der Waals surface area contributed by atoms with Crippen LogP contribution in [0.2, 0.25) is 0 Å². The Bertz CT molecular complexity index is 739. The molecule has 1 fully saturated rings. The molecule has 6 nitrogen and oxygen atoms in total. The highest BCUT2D eigenvalue weighted by Crippen LogP contribution is 2.24. The third-order valence-corrected chi connectivity index (χ3v) is 5.77. The molecule has 134 valence electrons. The number of tetrazole rings is 1. The van der Waals surface area contributed by atoms with Crippen LogP contribution < -0.4 is 0 Å². The SMILES string of the molecule is Cc1ccc(-n2nnnc2SCC(=O)N(C)C2CCCCC2)c(C)c1. The van der Waals surface area contributed by atoms with Gasteiger partial charge in [-0.25, -0.2) is 0 Å². The fraction of sp³-hybridized carbons (Fsp3) is 0.556. The lowest BCUT2D eigenvalue weighted by molar-refractivity contribution is -0.129. The molecule has 2 aromatic rings. The fourth-order valence-corrected chi connectivity index (χ4v) is 4.17. The molecule has 3 rings (SSSR count). The van der Waals surface area contributed by atoms with Gasteiger partial charge in [0.25, 0.3) is 0 Å². The molecule has 0 aliphatic heterocycles. The molecule has 1 aliphatic carbocycles. The number of carbonyl (C=O) groups excluding carboxylic acids is 1. The summed E-state index contributed by atoms with van der Waals surface area (Å²) in [6.07, 6.45) is 5.97. The highest BCUT2D eigenvalue weighted by atomic mass is 32.2. The van der Waals surface area contributed by atoms with Crippen LogP contribution in [-0.2, 0) is 4.79 Å². The summed E-state index contributed by atoms with van der Waals surface area (Å²) in [7, 11) is 1.92. The second kappa shape index (κ2) is 7.99. The molecule has 0 spiro atoms. The third-order valence-electron chi connectivity index (χ3n) is 4.86. The maximum atomic E-state index is 12.5. The molecule has 1 aromatic heterocycles. The Morgan fingerprint density at radius 2 is 2.04 bits per heavy atom. The molecule has 1 heterocycles. The van der Waals surface area contributed by atoms with Crippen LogP contribution in [-0.4, -0.2) is 49.9 Å². The van der Waals surface area contributed by atoms with Crippen LogP contribution in [0.25, 0.3) is 5.69 Å². The van der Waals surface area contributed by atoms with Crippen LogP contribution in [0.5, 0.6) is 0 Å². The Hall–Kier alpha value is -1.89. The van der Waals surface area contributed by atoms with Crippen molar-refractivity contribution in [3.8, 4) is 5.69 Å². The molecule has 0 atom stereocenters. The summed E-state index contributed by atoms with van der Waals surface area (Å²) >= 11 is 1.40. The number of thioether (sulfide) groups is 1. The molecule has 1 amide bonds. The van der Waals surface area contributed by atoms with Crippen molar-refractivity contribution in [1.82, 2.24) is 25.1 Å². The number of amides is 1. The van der Waals surface area contributed by atoms with Crippen LogP contribution in [0.1, 0.15) is 43.2 Å². The predicted molar refractivity (Wildman–Crippen MR) is 99.0 cm³/mol. The van der Waals surface area contributed by atoms with E-state index in [0.29, 0.717) is 17.0 Å². The smallest absolute Gasteiger partial charge is 0.233 e. The number of aromatic nitrogens is 4. The lowest BCUT2D eigenvalue weighted by Gasteiger charge is -2.31. The van der Waals surface area contributed by atoms with Gasteiger partial charge in [-0.2, -0.15) is 4.68 Å². The average Bonchev–Trinajstić information content (AvgIpc) is 3.08. The van der Waals surface area contributed by atoms with Gasteiger partial charge in [0.1, 0.15) is 0 Å². The van der Waals surface area contributed by atoms with Crippen molar-refractivity contribution in [2.24, 2.45) is 0 Å². The molecule has 0 radical (unpaired) electrons. The van der Waals surface area contributed by atoms with Gasteiger partial charge in [0.2, 0.25) is 11.1 Å². The van der Waals surface area contributed by atoms with Crippen molar-refractivity contribution in [3.05, 3.63) is 29.3 Å². The third kappa shape index (κ3) is 4.21. The number of hydrogen-bond donors (Lipinski definition) is 0. The highest BCUT2D eigenvalue weighted by molar-refractivity contribution is 7.99. The Morgan fingerprint density at radius 1 is 1.28 bits per heavy atom. The lowest BCUT2D eigenvalue weighted by Crippen LogP contribution is -2.39. The van der Waals surface area contributed by atoms with Crippen LogP contribution in [0.3, 0.4) is 0 Å². The molecular formula is C18H25N5OS. The van der Waals surface area contributed by atoms with Crippen LogP contribution >= 0.6 is 11.8 Å². The predicted octanol–water partition coefficient (Wildman–Crippen LogP) is 3.16. The Labute approximate surface area is 153 Å². The number of nitrogens with zero attached hydrogens (tertiary/aromatic N) is 5. The van der Waals surface area contributed by atoms with Crippen LogP contribution in [0.4, 0.5) is 0 Å². The highest BCUT2D eigenvalue weighted by Gasteiger charge is 2.22. The zero-order valence-electron chi connectivity index (χ0n) is 15.1. The first-order chi connectivity index (χ1) is 12.1. The fourth-order valence-electron chi connectivity index (χ4n) is 3.36. The molecule has 1 aromatic carbocycles. The van der Waals surface area contributed by atoms with Gasteiger partial charge >= 0.3 is 0 Å². The summed E-state index contributed by atoms with van der Waals surface area (Å²) in [6.45, 7) is 4.10. The van der Waals surface area contributed by atoms with Crippen LogP contribution in [0, 0.1) is 13.8 Å². The van der Waals surface area contributed by atoms with E-state index in [2.05, 4.69) is 28.5 Å². The summed E-state index contributed by atoms with van der Waals surface area (Å²) in [6, 6.07) is 6.55. The maximum absolute atomic E-state index is 12.5. The van der Waals surface area contributed by atoms with Gasteiger partial charge in [0.15, 0.2) is 0 Å². The number of aryl methyl sites for hydroxylation is 2. The Morgan fingerprint density at radius 3 is 2.76 bits per heavy atom. The second-order valence-corrected chi connectivity index (χ2v) is 7.69. The van der Waals surface area contributed by atoms with E-state index in [0.717, 1.165) is 24.1 Å². The molecule has 0 saturated heterocycles. The largest absolute Gasteiger partial charge is 0.342 e. The van der Waals surface area contributed by atoms with E-state index in [9.17, 15) is 4.79 Å². The van der Waals surface area contributed by atoms with Gasteiger partial charge in [-0.3, -0.25) is 4.79 Å². The number of rotatable bonds is 5. The first kappa shape index (κ1) is 17.9. The van der Waals surface area contributed by atoms with Gasteiger partial charge in [-0.15, -0.1) is 5.10 Å². The monoisotopic (exact) mass is 359 g/mol. The van der Waals surface area contributed by atoms with E-state index >= 15 is 0 Å². The van der Waals surface area contributed by atoms with Crippen molar-refractivity contribution in [1.29, 1.82) is 0 Å². The van der Waals surface area contributed by atoms with Gasteiger partial charge in [-0.1, -0.05) is 48.7 Å². The molecular weight excluding hydrogens is 334 g/mol. The topological polar surface area (TPSA) is 63.9 Å². The van der Waals surface area contributed by atoms with Crippen molar-refractivity contribution in [2.75, 3.05) is 12.8 Å². The molecule has 1 aliphatic rings. The molecule has 0 unspecified atom stereocenters.